The van der Waals surface area contributed by atoms with Gasteiger partial charge in [0, 0.05) is 17.3 Å². The van der Waals surface area contributed by atoms with E-state index in [0.717, 1.165) is 30.2 Å². The monoisotopic (exact) mass is 451 g/mol. The Labute approximate surface area is 202 Å². The van der Waals surface area contributed by atoms with Crippen LogP contribution < -0.4 is 5.32 Å². The first kappa shape index (κ1) is 22.5. The lowest BCUT2D eigenvalue weighted by Crippen LogP contribution is -2.39. The van der Waals surface area contributed by atoms with Crippen molar-refractivity contribution in [3.63, 3.8) is 0 Å². The van der Waals surface area contributed by atoms with E-state index in [1.165, 1.54) is 41.7 Å². The molecule has 0 spiro atoms. The second kappa shape index (κ2) is 10.3. The molecule has 5 rings (SSSR count). The molecular weight excluding hydrogens is 418 g/mol. The van der Waals surface area contributed by atoms with Crippen molar-refractivity contribution in [1.29, 1.82) is 0 Å². The van der Waals surface area contributed by atoms with Gasteiger partial charge in [0.05, 0.1) is 12.2 Å². The van der Waals surface area contributed by atoms with Crippen LogP contribution in [-0.4, -0.2) is 18.6 Å². The predicted octanol–water partition coefficient (Wildman–Crippen LogP) is 6.64. The van der Waals surface area contributed by atoms with Crippen molar-refractivity contribution in [2.24, 2.45) is 11.8 Å². The molecule has 3 nitrogen and oxygen atoms in total. The average molecular weight is 452 g/mol. The molecule has 1 heterocycles. The molecule has 2 bridgehead atoms. The van der Waals surface area contributed by atoms with Crippen LogP contribution in [0.2, 0.25) is 0 Å². The summed E-state index contributed by atoms with van der Waals surface area (Å²) in [5.74, 6) is 1.19. The Hall–Kier alpha value is -3.33. The number of allylic oxidation sites excluding steroid dienone is 1. The highest BCUT2D eigenvalue weighted by atomic mass is 16.5. The zero-order valence-corrected chi connectivity index (χ0v) is 19.9. The lowest BCUT2D eigenvalue weighted by molar-refractivity contribution is 0.0526. The van der Waals surface area contributed by atoms with E-state index >= 15 is 0 Å². The third kappa shape index (κ3) is 4.79. The first-order valence-electron chi connectivity index (χ1n) is 12.6. The molecule has 3 atom stereocenters. The van der Waals surface area contributed by atoms with Crippen LogP contribution in [0.1, 0.15) is 59.7 Å². The second-order valence-corrected chi connectivity index (χ2v) is 9.50. The molecule has 1 aliphatic heterocycles. The van der Waals surface area contributed by atoms with Crippen LogP contribution in [0.15, 0.2) is 90.6 Å². The van der Waals surface area contributed by atoms with E-state index in [2.05, 4.69) is 78.1 Å². The number of hydrogen-bond acceptors (Lipinski definition) is 3. The van der Waals surface area contributed by atoms with Crippen molar-refractivity contribution in [3.8, 4) is 0 Å². The highest BCUT2D eigenvalue weighted by molar-refractivity contribution is 5.90. The van der Waals surface area contributed by atoms with E-state index in [-0.39, 0.29) is 5.97 Å². The molecule has 1 saturated heterocycles. The van der Waals surface area contributed by atoms with Crippen molar-refractivity contribution < 1.29 is 9.53 Å². The minimum absolute atomic E-state index is 0.266. The highest BCUT2D eigenvalue weighted by Crippen LogP contribution is 2.45. The van der Waals surface area contributed by atoms with Gasteiger partial charge in [-0.2, -0.15) is 0 Å². The number of piperidine rings is 1. The van der Waals surface area contributed by atoms with E-state index in [9.17, 15) is 4.79 Å². The SMILES string of the molecule is CCOC(=O)c1ccc(C(=C2CC3CCC(N2)C3CCc2ccccc2)c2ccccc2)cc1. The Morgan fingerprint density at radius 1 is 0.853 bits per heavy atom. The molecule has 0 amide bonds. The normalized spacial score (nSPS) is 22.7. The van der Waals surface area contributed by atoms with Gasteiger partial charge in [0.15, 0.2) is 0 Å². The van der Waals surface area contributed by atoms with Gasteiger partial charge in [-0.25, -0.2) is 4.79 Å². The summed E-state index contributed by atoms with van der Waals surface area (Å²) in [5.41, 5.74) is 7.00. The molecule has 2 fully saturated rings. The van der Waals surface area contributed by atoms with Crippen molar-refractivity contribution in [2.45, 2.75) is 45.1 Å². The molecule has 1 saturated carbocycles. The molecule has 3 unspecified atom stereocenters. The van der Waals surface area contributed by atoms with E-state index in [0.29, 0.717) is 18.2 Å². The van der Waals surface area contributed by atoms with E-state index in [1.807, 2.05) is 19.1 Å². The highest BCUT2D eigenvalue weighted by Gasteiger charge is 2.41. The van der Waals surface area contributed by atoms with Gasteiger partial charge in [-0.15, -0.1) is 0 Å². The van der Waals surface area contributed by atoms with Crippen molar-refractivity contribution in [1.82, 2.24) is 5.32 Å². The molecule has 3 aromatic carbocycles. The third-order valence-electron chi connectivity index (χ3n) is 7.45. The van der Waals surface area contributed by atoms with Crippen molar-refractivity contribution >= 4 is 11.5 Å². The zero-order valence-electron chi connectivity index (χ0n) is 19.9. The predicted molar refractivity (Wildman–Crippen MR) is 137 cm³/mol. The maximum absolute atomic E-state index is 12.1. The van der Waals surface area contributed by atoms with Crippen LogP contribution in [0.4, 0.5) is 0 Å². The molecule has 34 heavy (non-hydrogen) atoms. The van der Waals surface area contributed by atoms with Gasteiger partial charge in [0.2, 0.25) is 0 Å². The largest absolute Gasteiger partial charge is 0.462 e. The molecule has 3 aromatic rings. The van der Waals surface area contributed by atoms with Crippen LogP contribution >= 0.6 is 0 Å². The molecule has 3 heteroatoms. The van der Waals surface area contributed by atoms with E-state index < -0.39 is 0 Å². The first-order chi connectivity index (χ1) is 16.7. The maximum atomic E-state index is 12.1. The number of nitrogens with one attached hydrogen (secondary N) is 1. The van der Waals surface area contributed by atoms with Crippen LogP contribution in [0.25, 0.3) is 5.57 Å². The minimum Gasteiger partial charge on any atom is -0.462 e. The molecular formula is C31H33NO2. The fourth-order valence-corrected chi connectivity index (χ4v) is 5.82. The number of benzene rings is 3. The van der Waals surface area contributed by atoms with Crippen LogP contribution in [0, 0.1) is 11.8 Å². The van der Waals surface area contributed by atoms with Gasteiger partial charge >= 0.3 is 5.97 Å². The smallest absolute Gasteiger partial charge is 0.338 e. The Morgan fingerprint density at radius 2 is 1.50 bits per heavy atom. The molecule has 1 aliphatic carbocycles. The average Bonchev–Trinajstić information content (AvgIpc) is 3.12. The lowest BCUT2D eigenvalue weighted by Gasteiger charge is -2.35. The third-order valence-corrected chi connectivity index (χ3v) is 7.45. The maximum Gasteiger partial charge on any atom is 0.338 e. The summed E-state index contributed by atoms with van der Waals surface area (Å²) < 4.78 is 5.17. The van der Waals surface area contributed by atoms with Crippen LogP contribution in [-0.2, 0) is 11.2 Å². The summed E-state index contributed by atoms with van der Waals surface area (Å²) in [6.07, 6.45) is 6.02. The fourth-order valence-electron chi connectivity index (χ4n) is 5.82. The second-order valence-electron chi connectivity index (χ2n) is 9.50. The Bertz CT molecular complexity index is 1120. The van der Waals surface area contributed by atoms with Crippen LogP contribution in [0.5, 0.6) is 0 Å². The van der Waals surface area contributed by atoms with Gasteiger partial charge < -0.3 is 10.1 Å². The molecule has 0 radical (unpaired) electrons. The Balaban J connectivity index is 1.42. The molecule has 1 N–H and O–H groups in total. The van der Waals surface area contributed by atoms with Gasteiger partial charge in [0.1, 0.15) is 0 Å². The van der Waals surface area contributed by atoms with Gasteiger partial charge in [0.25, 0.3) is 0 Å². The summed E-state index contributed by atoms with van der Waals surface area (Å²) in [6.45, 7) is 2.22. The standard InChI is InChI=1S/C31H33NO2/c1-2-34-31(33)25-16-14-24(15-17-25)30(23-11-7-4-8-12-23)29-21-26-18-20-28(32-29)27(26)19-13-22-9-5-3-6-10-22/h3-12,14-17,26-28,32H,2,13,18-21H2,1H3. The summed E-state index contributed by atoms with van der Waals surface area (Å²) in [6, 6.07) is 29.9. The Morgan fingerprint density at radius 3 is 2.18 bits per heavy atom. The Kier molecular flexibility index (Phi) is 6.80. The molecule has 2 aliphatic rings. The van der Waals surface area contributed by atoms with Gasteiger partial charge in [-0.1, -0.05) is 72.8 Å². The molecule has 0 aromatic heterocycles. The number of aryl methyl sites for hydroxylation is 1. The number of esters is 1. The molecule has 174 valence electrons. The van der Waals surface area contributed by atoms with Gasteiger partial charge in [-0.3, -0.25) is 0 Å². The summed E-state index contributed by atoms with van der Waals surface area (Å²) >= 11 is 0. The van der Waals surface area contributed by atoms with E-state index in [1.54, 1.807) is 0 Å². The van der Waals surface area contributed by atoms with E-state index in [4.69, 9.17) is 4.74 Å². The topological polar surface area (TPSA) is 38.3 Å². The summed E-state index contributed by atoms with van der Waals surface area (Å²) in [4.78, 5) is 12.1. The number of fused-ring (bicyclic) bond motifs is 2. The van der Waals surface area contributed by atoms with Crippen LogP contribution in [0.3, 0.4) is 0 Å². The van der Waals surface area contributed by atoms with Gasteiger partial charge in [-0.05, 0) is 79.7 Å². The zero-order chi connectivity index (χ0) is 23.3. The van der Waals surface area contributed by atoms with Crippen molar-refractivity contribution in [2.75, 3.05) is 6.61 Å². The minimum atomic E-state index is -0.266. The number of hydrogen-bond donors (Lipinski definition) is 1. The lowest BCUT2D eigenvalue weighted by atomic mass is 9.80. The number of carbonyl (C=O) groups excluding carboxylic acids is 1. The number of rotatable bonds is 7. The first-order valence-corrected chi connectivity index (χ1v) is 12.6. The quantitative estimate of drug-likeness (QED) is 0.409. The summed E-state index contributed by atoms with van der Waals surface area (Å²) in [7, 11) is 0. The van der Waals surface area contributed by atoms with Crippen molar-refractivity contribution in [3.05, 3.63) is 113 Å². The summed E-state index contributed by atoms with van der Waals surface area (Å²) in [5, 5.41) is 3.97. The number of carbonyl (C=O) groups is 1. The number of ether oxygens (including phenoxy) is 1. The fraction of sp³-hybridized carbons (Fsp3) is 0.323.